The maximum atomic E-state index is 10.7. The van der Waals surface area contributed by atoms with E-state index in [4.69, 9.17) is 23.2 Å². The van der Waals surface area contributed by atoms with Gasteiger partial charge in [0.1, 0.15) is 0 Å². The molecule has 1 aliphatic carbocycles. The third-order valence-corrected chi connectivity index (χ3v) is 3.17. The smallest absolute Gasteiger partial charge is 0.221 e. The number of carbonyl (C=O) groups excluding carboxylic acids is 2. The van der Waals surface area contributed by atoms with E-state index in [-0.39, 0.29) is 10.5 Å². The molecule has 2 nitrogen and oxygen atoms in total. The van der Waals surface area contributed by atoms with Crippen molar-refractivity contribution in [3.8, 4) is 0 Å². The summed E-state index contributed by atoms with van der Waals surface area (Å²) in [5.74, 6) is 0.836. The van der Waals surface area contributed by atoms with E-state index >= 15 is 0 Å². The predicted molar refractivity (Wildman–Crippen MR) is 56.4 cm³/mol. The second-order valence-electron chi connectivity index (χ2n) is 4.01. The van der Waals surface area contributed by atoms with Crippen molar-refractivity contribution in [2.75, 3.05) is 0 Å². The van der Waals surface area contributed by atoms with Gasteiger partial charge in [-0.3, -0.25) is 9.59 Å². The average molecular weight is 237 g/mol. The molecule has 1 saturated carbocycles. The Morgan fingerprint density at radius 3 is 1.36 bits per heavy atom. The van der Waals surface area contributed by atoms with E-state index in [1.807, 2.05) is 0 Å². The molecule has 0 aromatic carbocycles. The lowest BCUT2D eigenvalue weighted by molar-refractivity contribution is -0.114. The molecule has 0 radical (unpaired) electrons. The number of carbonyl (C=O) groups is 2. The summed E-state index contributed by atoms with van der Waals surface area (Å²) in [7, 11) is 0. The zero-order chi connectivity index (χ0) is 10.6. The molecule has 1 fully saturated rings. The quantitative estimate of drug-likeness (QED) is 0.704. The fourth-order valence-electron chi connectivity index (χ4n) is 2.09. The van der Waals surface area contributed by atoms with Crippen molar-refractivity contribution >= 4 is 33.7 Å². The molecule has 4 heteroatoms. The summed E-state index contributed by atoms with van der Waals surface area (Å²) in [6, 6.07) is 0. The van der Waals surface area contributed by atoms with Crippen molar-refractivity contribution in [2.24, 2.45) is 11.8 Å². The van der Waals surface area contributed by atoms with Crippen LogP contribution in [0.2, 0.25) is 0 Å². The lowest BCUT2D eigenvalue weighted by atomic mass is 9.79. The maximum absolute atomic E-state index is 10.7. The third-order valence-electron chi connectivity index (χ3n) is 2.86. The molecule has 0 unspecified atom stereocenters. The van der Waals surface area contributed by atoms with Crippen LogP contribution in [0.5, 0.6) is 0 Å². The maximum Gasteiger partial charge on any atom is 0.221 e. The van der Waals surface area contributed by atoms with Crippen molar-refractivity contribution in [1.82, 2.24) is 0 Å². The van der Waals surface area contributed by atoms with E-state index in [0.717, 1.165) is 25.7 Å². The van der Waals surface area contributed by atoms with Gasteiger partial charge in [-0.25, -0.2) is 0 Å². The summed E-state index contributed by atoms with van der Waals surface area (Å²) in [4.78, 5) is 21.3. The first-order valence-corrected chi connectivity index (χ1v) is 5.70. The van der Waals surface area contributed by atoms with Crippen LogP contribution >= 0.6 is 23.2 Å². The molecule has 0 aliphatic heterocycles. The predicted octanol–water partition coefficient (Wildman–Crippen LogP) is 3.10. The zero-order valence-electron chi connectivity index (χ0n) is 7.97. The Bertz CT molecular complexity index is 196. The number of hydrogen-bond acceptors (Lipinski definition) is 2. The zero-order valence-corrected chi connectivity index (χ0v) is 9.48. The molecule has 0 aromatic rings. The van der Waals surface area contributed by atoms with Crippen molar-refractivity contribution < 1.29 is 9.59 Å². The van der Waals surface area contributed by atoms with Crippen LogP contribution in [0.15, 0.2) is 0 Å². The highest BCUT2D eigenvalue weighted by Crippen LogP contribution is 2.33. The van der Waals surface area contributed by atoms with Gasteiger partial charge < -0.3 is 0 Å². The van der Waals surface area contributed by atoms with Gasteiger partial charge in [0, 0.05) is 12.8 Å². The summed E-state index contributed by atoms with van der Waals surface area (Å²) in [6.45, 7) is 0. The highest BCUT2D eigenvalue weighted by molar-refractivity contribution is 6.63. The molecule has 1 aliphatic rings. The third kappa shape index (κ3) is 4.43. The highest BCUT2D eigenvalue weighted by Gasteiger charge is 2.23. The SMILES string of the molecule is O=C(Cl)CC1CCC(CC(=O)Cl)CC1. The second-order valence-corrected chi connectivity index (χ2v) is 4.85. The van der Waals surface area contributed by atoms with E-state index < -0.39 is 0 Å². The van der Waals surface area contributed by atoms with Gasteiger partial charge in [-0.15, -0.1) is 0 Å². The van der Waals surface area contributed by atoms with Gasteiger partial charge in [0.05, 0.1) is 0 Å². The van der Waals surface area contributed by atoms with Crippen LogP contribution in [0.25, 0.3) is 0 Å². The molecule has 80 valence electrons. The summed E-state index contributed by atoms with van der Waals surface area (Å²) in [5.41, 5.74) is 0. The molecule has 0 bridgehead atoms. The van der Waals surface area contributed by atoms with Crippen LogP contribution in [0.4, 0.5) is 0 Å². The van der Waals surface area contributed by atoms with Crippen LogP contribution in [0.1, 0.15) is 38.5 Å². The minimum atomic E-state index is -0.248. The van der Waals surface area contributed by atoms with Gasteiger partial charge >= 0.3 is 0 Å². The van der Waals surface area contributed by atoms with E-state index in [0.29, 0.717) is 24.7 Å². The molecular formula is C10H14Cl2O2. The normalized spacial score (nSPS) is 27.3. The van der Waals surface area contributed by atoms with Gasteiger partial charge in [0.25, 0.3) is 0 Å². The first-order chi connectivity index (χ1) is 6.58. The minimum absolute atomic E-state index is 0.248. The molecular weight excluding hydrogens is 223 g/mol. The van der Waals surface area contributed by atoms with Crippen LogP contribution in [0, 0.1) is 11.8 Å². The van der Waals surface area contributed by atoms with E-state index in [2.05, 4.69) is 0 Å². The first kappa shape index (κ1) is 12.0. The van der Waals surface area contributed by atoms with E-state index in [9.17, 15) is 9.59 Å². The molecule has 0 N–H and O–H groups in total. The topological polar surface area (TPSA) is 34.1 Å². The number of hydrogen-bond donors (Lipinski definition) is 0. The molecule has 0 atom stereocenters. The Hall–Kier alpha value is -0.0800. The van der Waals surface area contributed by atoms with Gasteiger partial charge in [0.15, 0.2) is 0 Å². The number of rotatable bonds is 4. The van der Waals surface area contributed by atoms with Gasteiger partial charge in [-0.2, -0.15) is 0 Å². The molecule has 14 heavy (non-hydrogen) atoms. The van der Waals surface area contributed by atoms with Crippen molar-refractivity contribution in [2.45, 2.75) is 38.5 Å². The summed E-state index contributed by atoms with van der Waals surface area (Å²) < 4.78 is 0. The van der Waals surface area contributed by atoms with Crippen LogP contribution in [-0.4, -0.2) is 10.5 Å². The highest BCUT2D eigenvalue weighted by atomic mass is 35.5. The standard InChI is InChI=1S/C10H14Cl2O2/c11-9(13)5-7-1-2-8(4-3-7)6-10(12)14/h7-8H,1-6H2. The molecule has 0 saturated heterocycles. The lowest BCUT2D eigenvalue weighted by Crippen LogP contribution is -2.17. The molecule has 0 spiro atoms. The Morgan fingerprint density at radius 2 is 1.14 bits per heavy atom. The molecule has 0 amide bonds. The van der Waals surface area contributed by atoms with E-state index in [1.54, 1.807) is 0 Å². The van der Waals surface area contributed by atoms with Crippen molar-refractivity contribution in [3.63, 3.8) is 0 Å². The monoisotopic (exact) mass is 236 g/mol. The largest absolute Gasteiger partial charge is 0.281 e. The van der Waals surface area contributed by atoms with Crippen LogP contribution in [-0.2, 0) is 9.59 Å². The Morgan fingerprint density at radius 1 is 0.857 bits per heavy atom. The Balaban J connectivity index is 2.24. The Kier molecular flexibility index (Phi) is 4.90. The summed E-state index contributed by atoms with van der Waals surface area (Å²) >= 11 is 10.6. The minimum Gasteiger partial charge on any atom is -0.281 e. The van der Waals surface area contributed by atoms with Crippen LogP contribution < -0.4 is 0 Å². The van der Waals surface area contributed by atoms with Crippen LogP contribution in [0.3, 0.4) is 0 Å². The second kappa shape index (κ2) is 5.72. The van der Waals surface area contributed by atoms with E-state index in [1.165, 1.54) is 0 Å². The Labute approximate surface area is 93.9 Å². The number of halogens is 2. The average Bonchev–Trinajstić information content (AvgIpc) is 2.06. The van der Waals surface area contributed by atoms with Gasteiger partial charge in [0.2, 0.25) is 10.5 Å². The summed E-state index contributed by atoms with van der Waals surface area (Å²) in [5, 5.41) is -0.497. The first-order valence-electron chi connectivity index (χ1n) is 4.94. The lowest BCUT2D eigenvalue weighted by Gasteiger charge is -2.26. The molecule has 1 rings (SSSR count). The molecule has 0 heterocycles. The summed E-state index contributed by atoms with van der Waals surface area (Å²) in [6.07, 6.45) is 4.92. The van der Waals surface area contributed by atoms with Gasteiger partial charge in [-0.05, 0) is 60.7 Å². The molecule has 0 aromatic heterocycles. The van der Waals surface area contributed by atoms with Crippen molar-refractivity contribution in [3.05, 3.63) is 0 Å². The fraction of sp³-hybridized carbons (Fsp3) is 0.800. The van der Waals surface area contributed by atoms with Gasteiger partial charge in [-0.1, -0.05) is 0 Å². The van der Waals surface area contributed by atoms with Crippen molar-refractivity contribution in [1.29, 1.82) is 0 Å². The fourth-order valence-corrected chi connectivity index (χ4v) is 2.53.